The molecule has 2 aliphatic carbocycles. The van der Waals surface area contributed by atoms with Gasteiger partial charge < -0.3 is 4.90 Å². The molecule has 0 saturated heterocycles. The monoisotopic (exact) mass is 329 g/mol. The van der Waals surface area contributed by atoms with Gasteiger partial charge in [-0.15, -0.1) is 0 Å². The Morgan fingerprint density at radius 3 is 2.37 bits per heavy atom. The first kappa shape index (κ1) is 15.3. The molecule has 0 aliphatic heterocycles. The van der Waals surface area contributed by atoms with E-state index in [-0.39, 0.29) is 11.3 Å². The van der Waals surface area contributed by atoms with Gasteiger partial charge in [-0.2, -0.15) is 0 Å². The van der Waals surface area contributed by atoms with Crippen LogP contribution in [0.5, 0.6) is 0 Å². The minimum absolute atomic E-state index is 0.205. The summed E-state index contributed by atoms with van der Waals surface area (Å²) >= 11 is 3.53. The summed E-state index contributed by atoms with van der Waals surface area (Å²) in [5, 5.41) is 0.905. The van der Waals surface area contributed by atoms with Crippen LogP contribution in [0.2, 0.25) is 0 Å². The quantitative estimate of drug-likeness (QED) is 0.701. The highest BCUT2D eigenvalue weighted by molar-refractivity contribution is 9.09. The lowest BCUT2D eigenvalue weighted by atomic mass is 9.80. The number of rotatable bonds is 4. The summed E-state index contributed by atoms with van der Waals surface area (Å²) in [6.07, 6.45) is 9.89. The molecule has 2 fully saturated rings. The average Bonchev–Trinajstić information content (AvgIpc) is 2.76. The van der Waals surface area contributed by atoms with Gasteiger partial charge in [-0.05, 0) is 31.1 Å². The van der Waals surface area contributed by atoms with Crippen LogP contribution in [0.4, 0.5) is 0 Å². The van der Waals surface area contributed by atoms with Gasteiger partial charge in [0.05, 0.1) is 0 Å². The van der Waals surface area contributed by atoms with Crippen molar-refractivity contribution in [2.45, 2.75) is 71.3 Å². The number of nitrogens with zero attached hydrogens (tertiary/aromatic N) is 1. The summed E-state index contributed by atoms with van der Waals surface area (Å²) in [5.41, 5.74) is 0.205. The Balaban J connectivity index is 2.07. The summed E-state index contributed by atoms with van der Waals surface area (Å²) in [6.45, 7) is 5.43. The number of alkyl halides is 1. The Morgan fingerprint density at radius 1 is 1.16 bits per heavy atom. The Morgan fingerprint density at radius 2 is 1.84 bits per heavy atom. The zero-order valence-corrected chi connectivity index (χ0v) is 14.0. The maximum Gasteiger partial charge on any atom is 0.226 e. The topological polar surface area (TPSA) is 20.3 Å². The molecule has 1 unspecified atom stereocenters. The number of carbonyl (C=O) groups excluding carboxylic acids is 1. The molecule has 0 aromatic heterocycles. The third-order valence-electron chi connectivity index (χ3n) is 5.18. The van der Waals surface area contributed by atoms with Crippen LogP contribution >= 0.6 is 15.9 Å². The van der Waals surface area contributed by atoms with Gasteiger partial charge in [0.15, 0.2) is 0 Å². The Labute approximate surface area is 126 Å². The van der Waals surface area contributed by atoms with Crippen molar-refractivity contribution in [2.75, 3.05) is 11.9 Å². The first-order valence-corrected chi connectivity index (χ1v) is 9.05. The van der Waals surface area contributed by atoms with Crippen LogP contribution in [0.15, 0.2) is 0 Å². The smallest absolute Gasteiger partial charge is 0.226 e. The SMILES string of the molecule is CC1(C)CCCC1C(=O)N(CCBr)C1CCCCC1. The van der Waals surface area contributed by atoms with E-state index < -0.39 is 0 Å². The first-order valence-electron chi connectivity index (χ1n) is 7.93. The fraction of sp³-hybridized carbons (Fsp3) is 0.938. The molecule has 0 radical (unpaired) electrons. The van der Waals surface area contributed by atoms with Crippen molar-refractivity contribution < 1.29 is 4.79 Å². The fourth-order valence-electron chi connectivity index (χ4n) is 3.94. The lowest BCUT2D eigenvalue weighted by Gasteiger charge is -2.38. The van der Waals surface area contributed by atoms with Crippen molar-refractivity contribution in [3.8, 4) is 0 Å². The maximum atomic E-state index is 13.0. The van der Waals surface area contributed by atoms with Gasteiger partial charge in [-0.1, -0.05) is 55.5 Å². The highest BCUT2D eigenvalue weighted by Gasteiger charge is 2.42. The molecule has 0 aromatic rings. The molecule has 0 aromatic carbocycles. The maximum absolute atomic E-state index is 13.0. The molecule has 110 valence electrons. The van der Waals surface area contributed by atoms with Gasteiger partial charge in [-0.25, -0.2) is 0 Å². The van der Waals surface area contributed by atoms with Crippen LogP contribution in [-0.2, 0) is 4.79 Å². The van der Waals surface area contributed by atoms with E-state index in [1.54, 1.807) is 0 Å². The zero-order valence-electron chi connectivity index (χ0n) is 12.5. The molecule has 1 amide bonds. The van der Waals surface area contributed by atoms with E-state index in [1.165, 1.54) is 44.9 Å². The first-order chi connectivity index (χ1) is 9.06. The van der Waals surface area contributed by atoms with Crippen molar-refractivity contribution in [3.05, 3.63) is 0 Å². The van der Waals surface area contributed by atoms with Crippen molar-refractivity contribution in [1.82, 2.24) is 4.90 Å². The minimum Gasteiger partial charge on any atom is -0.339 e. The molecule has 0 N–H and O–H groups in total. The summed E-state index contributed by atoms with van der Waals surface area (Å²) < 4.78 is 0. The van der Waals surface area contributed by atoms with Crippen molar-refractivity contribution in [2.24, 2.45) is 11.3 Å². The summed E-state index contributed by atoms with van der Waals surface area (Å²) in [5.74, 6) is 0.697. The van der Waals surface area contributed by atoms with Gasteiger partial charge in [0, 0.05) is 23.8 Å². The van der Waals surface area contributed by atoms with E-state index in [0.29, 0.717) is 11.9 Å². The molecule has 3 heteroatoms. The highest BCUT2D eigenvalue weighted by atomic mass is 79.9. The largest absolute Gasteiger partial charge is 0.339 e. The molecule has 2 aliphatic rings. The highest BCUT2D eigenvalue weighted by Crippen LogP contribution is 2.44. The second kappa shape index (κ2) is 6.60. The molecule has 1 atom stereocenters. The second-order valence-corrected chi connectivity index (χ2v) is 7.74. The predicted molar refractivity (Wildman–Crippen MR) is 83.5 cm³/mol. The van der Waals surface area contributed by atoms with Gasteiger partial charge in [0.2, 0.25) is 5.91 Å². The van der Waals surface area contributed by atoms with Crippen molar-refractivity contribution in [1.29, 1.82) is 0 Å². The third-order valence-corrected chi connectivity index (χ3v) is 5.53. The minimum atomic E-state index is 0.205. The molecular formula is C16H28BrNO. The number of hydrogen-bond acceptors (Lipinski definition) is 1. The molecule has 0 spiro atoms. The Bertz CT molecular complexity index is 310. The van der Waals surface area contributed by atoms with E-state index in [0.717, 1.165) is 18.3 Å². The van der Waals surface area contributed by atoms with Crippen molar-refractivity contribution in [3.63, 3.8) is 0 Å². The molecule has 0 bridgehead atoms. The molecule has 0 heterocycles. The predicted octanol–water partition coefficient (Wildman–Crippen LogP) is 4.37. The van der Waals surface area contributed by atoms with Crippen LogP contribution in [0.25, 0.3) is 0 Å². The fourth-order valence-corrected chi connectivity index (χ4v) is 4.32. The van der Waals surface area contributed by atoms with Crippen LogP contribution in [0.3, 0.4) is 0 Å². The second-order valence-electron chi connectivity index (χ2n) is 6.95. The number of hydrogen-bond donors (Lipinski definition) is 0. The van der Waals surface area contributed by atoms with E-state index >= 15 is 0 Å². The molecular weight excluding hydrogens is 302 g/mol. The summed E-state index contributed by atoms with van der Waals surface area (Å²) in [6, 6.07) is 0.509. The van der Waals surface area contributed by atoms with E-state index in [2.05, 4.69) is 34.7 Å². The van der Waals surface area contributed by atoms with Crippen LogP contribution < -0.4 is 0 Å². The summed E-state index contributed by atoms with van der Waals surface area (Å²) in [7, 11) is 0. The average molecular weight is 330 g/mol. The van der Waals surface area contributed by atoms with Gasteiger partial charge in [-0.3, -0.25) is 4.79 Å². The Hall–Kier alpha value is -0.0500. The normalized spacial score (nSPS) is 27.4. The van der Waals surface area contributed by atoms with Gasteiger partial charge in [0.1, 0.15) is 0 Å². The zero-order chi connectivity index (χ0) is 13.9. The van der Waals surface area contributed by atoms with E-state index in [9.17, 15) is 4.79 Å². The van der Waals surface area contributed by atoms with Gasteiger partial charge in [0.25, 0.3) is 0 Å². The van der Waals surface area contributed by atoms with Gasteiger partial charge >= 0.3 is 0 Å². The molecule has 19 heavy (non-hydrogen) atoms. The Kier molecular flexibility index (Phi) is 5.33. The molecule has 2 saturated carbocycles. The molecule has 2 rings (SSSR count). The standard InChI is InChI=1S/C16H28BrNO/c1-16(2)10-6-9-14(16)15(19)18(12-11-17)13-7-4-3-5-8-13/h13-14H,3-12H2,1-2H3. The molecule has 2 nitrogen and oxygen atoms in total. The lowest BCUT2D eigenvalue weighted by Crippen LogP contribution is -2.47. The third kappa shape index (κ3) is 3.53. The summed E-state index contributed by atoms with van der Waals surface area (Å²) in [4.78, 5) is 15.2. The van der Waals surface area contributed by atoms with Crippen LogP contribution in [-0.4, -0.2) is 28.7 Å². The number of carbonyl (C=O) groups is 1. The van der Waals surface area contributed by atoms with E-state index in [4.69, 9.17) is 0 Å². The van der Waals surface area contributed by atoms with Crippen LogP contribution in [0, 0.1) is 11.3 Å². The number of halogens is 1. The van der Waals surface area contributed by atoms with Crippen LogP contribution in [0.1, 0.15) is 65.2 Å². The van der Waals surface area contributed by atoms with Crippen molar-refractivity contribution >= 4 is 21.8 Å². The van der Waals surface area contributed by atoms with E-state index in [1.807, 2.05) is 0 Å². The number of amides is 1. The lowest BCUT2D eigenvalue weighted by molar-refractivity contribution is -0.141.